The van der Waals surface area contributed by atoms with Crippen molar-refractivity contribution >= 4 is 5.91 Å². The number of aromatic nitrogens is 1. The van der Waals surface area contributed by atoms with Crippen LogP contribution in [0.5, 0.6) is 0 Å². The second kappa shape index (κ2) is 5.63. The molecule has 1 heterocycles. The molecular weight excluding hydrogens is 220 g/mol. The minimum Gasteiger partial charge on any atom is -0.396 e. The van der Waals surface area contributed by atoms with E-state index in [4.69, 9.17) is 5.11 Å². The van der Waals surface area contributed by atoms with Gasteiger partial charge in [-0.2, -0.15) is 0 Å². The molecule has 1 amide bonds. The van der Waals surface area contributed by atoms with Gasteiger partial charge in [0, 0.05) is 30.6 Å². The summed E-state index contributed by atoms with van der Waals surface area (Å²) in [7, 11) is 0. The molecule has 94 valence electrons. The molecule has 1 rings (SSSR count). The number of aliphatic hydroxyl groups is 1. The Morgan fingerprint density at radius 3 is 2.71 bits per heavy atom. The summed E-state index contributed by atoms with van der Waals surface area (Å²) < 4.78 is 0. The lowest BCUT2D eigenvalue weighted by molar-refractivity contribution is 0.0915. The summed E-state index contributed by atoms with van der Waals surface area (Å²) in [5.41, 5.74) is 0.499. The van der Waals surface area contributed by atoms with E-state index in [-0.39, 0.29) is 29.6 Å². The molecule has 2 unspecified atom stereocenters. The number of pyridine rings is 1. The smallest absolute Gasteiger partial charge is 0.256 e. The quantitative estimate of drug-likeness (QED) is 0.711. The zero-order chi connectivity index (χ0) is 13.0. The lowest BCUT2D eigenvalue weighted by Crippen LogP contribution is -2.40. The summed E-state index contributed by atoms with van der Waals surface area (Å²) in [6.07, 6.45) is 1.41. The maximum Gasteiger partial charge on any atom is 0.256 e. The number of rotatable bonds is 4. The summed E-state index contributed by atoms with van der Waals surface area (Å²) in [6, 6.07) is 1.20. The van der Waals surface area contributed by atoms with Gasteiger partial charge in [0.1, 0.15) is 5.56 Å². The fourth-order valence-corrected chi connectivity index (χ4v) is 1.34. The van der Waals surface area contributed by atoms with E-state index in [2.05, 4.69) is 10.3 Å². The van der Waals surface area contributed by atoms with Crippen molar-refractivity contribution in [3.8, 4) is 0 Å². The van der Waals surface area contributed by atoms with Crippen molar-refractivity contribution in [2.45, 2.75) is 26.8 Å². The second-order valence-corrected chi connectivity index (χ2v) is 4.32. The molecule has 0 fully saturated rings. The fourth-order valence-electron chi connectivity index (χ4n) is 1.34. The summed E-state index contributed by atoms with van der Waals surface area (Å²) in [5.74, 6) is -0.470. The van der Waals surface area contributed by atoms with Crippen molar-refractivity contribution in [3.63, 3.8) is 0 Å². The maximum absolute atomic E-state index is 11.8. The van der Waals surface area contributed by atoms with E-state index in [0.717, 1.165) is 0 Å². The topological polar surface area (TPSA) is 82.2 Å². The largest absolute Gasteiger partial charge is 0.396 e. The third-order valence-electron chi connectivity index (χ3n) is 2.80. The fraction of sp³-hybridized carbons (Fsp3) is 0.500. The first-order valence-corrected chi connectivity index (χ1v) is 5.56. The monoisotopic (exact) mass is 238 g/mol. The molecule has 0 saturated carbocycles. The summed E-state index contributed by atoms with van der Waals surface area (Å²) in [4.78, 5) is 26.2. The number of carbonyl (C=O) groups excluding carboxylic acids is 1. The first-order valence-electron chi connectivity index (χ1n) is 5.56. The molecule has 17 heavy (non-hydrogen) atoms. The molecule has 5 nitrogen and oxygen atoms in total. The van der Waals surface area contributed by atoms with Crippen molar-refractivity contribution < 1.29 is 9.90 Å². The van der Waals surface area contributed by atoms with Gasteiger partial charge in [-0.3, -0.25) is 9.59 Å². The second-order valence-electron chi connectivity index (χ2n) is 4.32. The predicted molar refractivity (Wildman–Crippen MR) is 65.0 cm³/mol. The van der Waals surface area contributed by atoms with E-state index >= 15 is 0 Å². The molecule has 0 aliphatic carbocycles. The number of hydrogen-bond acceptors (Lipinski definition) is 3. The van der Waals surface area contributed by atoms with Crippen LogP contribution in [0.1, 0.15) is 29.9 Å². The highest BCUT2D eigenvalue weighted by Crippen LogP contribution is 2.02. The lowest BCUT2D eigenvalue weighted by atomic mass is 10.0. The van der Waals surface area contributed by atoms with E-state index in [0.29, 0.717) is 5.69 Å². The highest BCUT2D eigenvalue weighted by molar-refractivity contribution is 5.93. The average molecular weight is 238 g/mol. The first-order chi connectivity index (χ1) is 7.95. The average Bonchev–Trinajstić information content (AvgIpc) is 2.27. The number of carbonyl (C=O) groups is 1. The van der Waals surface area contributed by atoms with E-state index in [1.807, 2.05) is 6.92 Å². The number of amides is 1. The minimum absolute atomic E-state index is 0.00823. The molecule has 0 aliphatic heterocycles. The number of aryl methyl sites for hydroxylation is 1. The third-order valence-corrected chi connectivity index (χ3v) is 2.80. The number of H-pyrrole nitrogens is 1. The maximum atomic E-state index is 11.8. The van der Waals surface area contributed by atoms with Crippen molar-refractivity contribution in [3.05, 3.63) is 33.7 Å². The summed E-state index contributed by atoms with van der Waals surface area (Å²) in [6.45, 7) is 5.36. The molecule has 2 atom stereocenters. The van der Waals surface area contributed by atoms with Gasteiger partial charge in [-0.05, 0) is 19.8 Å². The number of hydrogen-bond donors (Lipinski definition) is 3. The molecule has 0 aliphatic rings. The number of nitrogens with one attached hydrogen (secondary N) is 2. The summed E-state index contributed by atoms with van der Waals surface area (Å²) >= 11 is 0. The Kier molecular flexibility index (Phi) is 4.45. The molecule has 1 aromatic rings. The van der Waals surface area contributed by atoms with Crippen LogP contribution in [-0.2, 0) is 0 Å². The van der Waals surface area contributed by atoms with Gasteiger partial charge >= 0.3 is 0 Å². The van der Waals surface area contributed by atoms with Crippen LogP contribution in [0.2, 0.25) is 0 Å². The Labute approximate surface area is 99.9 Å². The van der Waals surface area contributed by atoms with Gasteiger partial charge < -0.3 is 15.4 Å². The summed E-state index contributed by atoms with van der Waals surface area (Å²) in [5, 5.41) is 11.6. The number of aliphatic hydroxyl groups excluding tert-OH is 1. The molecule has 0 saturated heterocycles. The molecular formula is C12H18N2O3. The Balaban J connectivity index is 2.80. The van der Waals surface area contributed by atoms with Crippen molar-refractivity contribution in [1.82, 2.24) is 10.3 Å². The van der Waals surface area contributed by atoms with Crippen LogP contribution in [-0.4, -0.2) is 28.6 Å². The highest BCUT2D eigenvalue weighted by Gasteiger charge is 2.16. The van der Waals surface area contributed by atoms with E-state index in [1.54, 1.807) is 13.8 Å². The third kappa shape index (κ3) is 3.42. The Bertz CT molecular complexity index is 453. The molecule has 0 radical (unpaired) electrons. The van der Waals surface area contributed by atoms with Crippen LogP contribution < -0.4 is 10.7 Å². The van der Waals surface area contributed by atoms with Crippen molar-refractivity contribution in [1.29, 1.82) is 0 Å². The SMILES string of the molecule is Cc1cc(=O)c(C(=O)NC(C)C(C)CO)c[nH]1. The van der Waals surface area contributed by atoms with Crippen LogP contribution in [0.15, 0.2) is 17.1 Å². The van der Waals surface area contributed by atoms with Crippen LogP contribution in [0.4, 0.5) is 0 Å². The van der Waals surface area contributed by atoms with Crippen molar-refractivity contribution in [2.75, 3.05) is 6.61 Å². The predicted octanol–water partition coefficient (Wildman–Crippen LogP) is 0.430. The molecule has 0 bridgehead atoms. The Morgan fingerprint density at radius 2 is 2.18 bits per heavy atom. The van der Waals surface area contributed by atoms with Gasteiger partial charge in [0.15, 0.2) is 5.43 Å². The molecule has 0 spiro atoms. The van der Waals surface area contributed by atoms with Crippen molar-refractivity contribution in [2.24, 2.45) is 5.92 Å². The van der Waals surface area contributed by atoms with Gasteiger partial charge in [0.05, 0.1) is 0 Å². The van der Waals surface area contributed by atoms with E-state index < -0.39 is 5.91 Å². The van der Waals surface area contributed by atoms with Crippen LogP contribution in [0.25, 0.3) is 0 Å². The Hall–Kier alpha value is -1.62. The Morgan fingerprint density at radius 1 is 1.53 bits per heavy atom. The molecule has 0 aromatic carbocycles. The number of aromatic amines is 1. The standard InChI is InChI=1S/C12H18N2O3/c1-7(6-15)9(3)14-12(17)10-5-13-8(2)4-11(10)16/h4-5,7,9,15H,6H2,1-3H3,(H,13,16)(H,14,17). The lowest BCUT2D eigenvalue weighted by Gasteiger charge is -2.18. The normalized spacial score (nSPS) is 14.1. The van der Waals surface area contributed by atoms with Gasteiger partial charge in [-0.1, -0.05) is 6.92 Å². The van der Waals surface area contributed by atoms with Gasteiger partial charge in [-0.15, -0.1) is 0 Å². The highest BCUT2D eigenvalue weighted by atomic mass is 16.3. The molecule has 5 heteroatoms. The molecule has 1 aromatic heterocycles. The zero-order valence-electron chi connectivity index (χ0n) is 10.3. The van der Waals surface area contributed by atoms with Gasteiger partial charge in [-0.25, -0.2) is 0 Å². The van der Waals surface area contributed by atoms with Crippen LogP contribution in [0.3, 0.4) is 0 Å². The van der Waals surface area contributed by atoms with Crippen LogP contribution in [0, 0.1) is 12.8 Å². The van der Waals surface area contributed by atoms with E-state index in [9.17, 15) is 9.59 Å². The van der Waals surface area contributed by atoms with Gasteiger partial charge in [0.2, 0.25) is 0 Å². The molecule has 3 N–H and O–H groups in total. The zero-order valence-corrected chi connectivity index (χ0v) is 10.3. The van der Waals surface area contributed by atoms with Crippen LogP contribution >= 0.6 is 0 Å². The first kappa shape index (κ1) is 13.4. The minimum atomic E-state index is -0.418. The van der Waals surface area contributed by atoms with Gasteiger partial charge in [0.25, 0.3) is 5.91 Å². The van der Waals surface area contributed by atoms with E-state index in [1.165, 1.54) is 12.3 Å².